The molecular formula is C13H26N2O. The molecule has 2 aliphatic rings. The molecule has 0 aromatic carbocycles. The van der Waals surface area contributed by atoms with Crippen LogP contribution in [0.25, 0.3) is 0 Å². The minimum absolute atomic E-state index is 0.0802. The molecule has 2 atom stereocenters. The van der Waals surface area contributed by atoms with Crippen LogP contribution < -0.4 is 0 Å². The summed E-state index contributed by atoms with van der Waals surface area (Å²) in [5.74, 6) is 0.582. The Morgan fingerprint density at radius 3 is 2.50 bits per heavy atom. The van der Waals surface area contributed by atoms with Crippen LogP contribution in [0.1, 0.15) is 32.1 Å². The Bertz CT molecular complexity index is 214. The largest absolute Gasteiger partial charge is 0.392 e. The molecule has 0 spiro atoms. The molecular weight excluding hydrogens is 200 g/mol. The number of rotatable bonds is 4. The number of likely N-dealkylation sites (N-methyl/N-ethyl adjacent to an activating group) is 1. The molecule has 1 N–H and O–H groups in total. The summed E-state index contributed by atoms with van der Waals surface area (Å²) in [7, 11) is 4.31. The van der Waals surface area contributed by atoms with E-state index in [1.807, 2.05) is 0 Å². The Balaban J connectivity index is 1.73. The van der Waals surface area contributed by atoms with Crippen molar-refractivity contribution in [2.45, 2.75) is 44.2 Å². The van der Waals surface area contributed by atoms with Crippen LogP contribution in [0.15, 0.2) is 0 Å². The molecule has 16 heavy (non-hydrogen) atoms. The first-order chi connectivity index (χ1) is 7.66. The lowest BCUT2D eigenvalue weighted by Gasteiger charge is -2.25. The van der Waals surface area contributed by atoms with Gasteiger partial charge in [0.25, 0.3) is 0 Å². The van der Waals surface area contributed by atoms with E-state index < -0.39 is 0 Å². The number of hydrogen-bond acceptors (Lipinski definition) is 3. The van der Waals surface area contributed by atoms with Gasteiger partial charge in [-0.05, 0) is 45.8 Å². The van der Waals surface area contributed by atoms with Crippen LogP contribution in [0, 0.1) is 5.92 Å². The predicted molar refractivity (Wildman–Crippen MR) is 66.5 cm³/mol. The van der Waals surface area contributed by atoms with Crippen molar-refractivity contribution >= 4 is 0 Å². The van der Waals surface area contributed by atoms with Gasteiger partial charge < -0.3 is 10.0 Å². The highest BCUT2D eigenvalue weighted by molar-refractivity contribution is 4.84. The number of hydrogen-bond donors (Lipinski definition) is 1. The molecule has 0 aromatic rings. The van der Waals surface area contributed by atoms with Crippen LogP contribution in [0.2, 0.25) is 0 Å². The van der Waals surface area contributed by atoms with Crippen LogP contribution in [-0.4, -0.2) is 60.8 Å². The van der Waals surface area contributed by atoms with E-state index in [1.54, 1.807) is 0 Å². The Morgan fingerprint density at radius 2 is 1.94 bits per heavy atom. The summed E-state index contributed by atoms with van der Waals surface area (Å²) in [6.07, 6.45) is 6.30. The summed E-state index contributed by atoms with van der Waals surface area (Å²) in [6.45, 7) is 3.19. The molecule has 3 nitrogen and oxygen atoms in total. The Labute approximate surface area is 99.4 Å². The van der Waals surface area contributed by atoms with Crippen molar-refractivity contribution in [3.05, 3.63) is 0 Å². The Morgan fingerprint density at radius 1 is 1.25 bits per heavy atom. The maximum absolute atomic E-state index is 10.2. The molecule has 1 heterocycles. The van der Waals surface area contributed by atoms with Gasteiger partial charge in [-0.25, -0.2) is 0 Å². The first-order valence-electron chi connectivity index (χ1n) is 6.73. The van der Waals surface area contributed by atoms with E-state index in [4.69, 9.17) is 0 Å². The lowest BCUT2D eigenvalue weighted by Crippen LogP contribution is -2.37. The number of likely N-dealkylation sites (tertiary alicyclic amines) is 1. The zero-order valence-electron chi connectivity index (χ0n) is 10.7. The SMILES string of the molecule is CN(C)C1CCN(CC(O)C2CCCC2)C1. The predicted octanol–water partition coefficient (Wildman–Crippen LogP) is 1.17. The van der Waals surface area contributed by atoms with Crippen LogP contribution in [0.3, 0.4) is 0 Å². The fraction of sp³-hybridized carbons (Fsp3) is 1.00. The zero-order valence-corrected chi connectivity index (χ0v) is 10.7. The number of β-amino-alcohol motifs (C(OH)–C–C–N with tert-alkyl or cyclic N) is 1. The fourth-order valence-corrected chi connectivity index (χ4v) is 3.16. The third kappa shape index (κ3) is 2.96. The highest BCUT2D eigenvalue weighted by Crippen LogP contribution is 2.28. The van der Waals surface area contributed by atoms with Crippen LogP contribution in [-0.2, 0) is 0 Å². The van der Waals surface area contributed by atoms with Gasteiger partial charge in [-0.15, -0.1) is 0 Å². The van der Waals surface area contributed by atoms with Gasteiger partial charge in [0.2, 0.25) is 0 Å². The molecule has 0 aromatic heterocycles. The minimum Gasteiger partial charge on any atom is -0.392 e. The van der Waals surface area contributed by atoms with E-state index in [0.717, 1.165) is 19.6 Å². The van der Waals surface area contributed by atoms with Gasteiger partial charge in [0.05, 0.1) is 6.10 Å². The average molecular weight is 226 g/mol. The second kappa shape index (κ2) is 5.48. The molecule has 0 radical (unpaired) electrons. The van der Waals surface area contributed by atoms with E-state index in [9.17, 15) is 5.11 Å². The molecule has 2 fully saturated rings. The van der Waals surface area contributed by atoms with Crippen molar-refractivity contribution in [2.24, 2.45) is 5.92 Å². The molecule has 3 heteroatoms. The minimum atomic E-state index is -0.0802. The molecule has 1 saturated heterocycles. The van der Waals surface area contributed by atoms with Crippen LogP contribution in [0.5, 0.6) is 0 Å². The fourth-order valence-electron chi connectivity index (χ4n) is 3.16. The second-order valence-corrected chi connectivity index (χ2v) is 5.78. The third-order valence-electron chi connectivity index (χ3n) is 4.37. The van der Waals surface area contributed by atoms with Gasteiger partial charge >= 0.3 is 0 Å². The van der Waals surface area contributed by atoms with E-state index in [-0.39, 0.29) is 6.10 Å². The van der Waals surface area contributed by atoms with E-state index in [1.165, 1.54) is 32.1 Å². The lowest BCUT2D eigenvalue weighted by atomic mass is 10.0. The number of nitrogens with zero attached hydrogens (tertiary/aromatic N) is 2. The van der Waals surface area contributed by atoms with Gasteiger partial charge in [-0.2, -0.15) is 0 Å². The quantitative estimate of drug-likeness (QED) is 0.779. The maximum atomic E-state index is 10.2. The summed E-state index contributed by atoms with van der Waals surface area (Å²) < 4.78 is 0. The summed E-state index contributed by atoms with van der Waals surface area (Å²) in [4.78, 5) is 4.75. The first-order valence-corrected chi connectivity index (χ1v) is 6.73. The highest BCUT2D eigenvalue weighted by atomic mass is 16.3. The van der Waals surface area contributed by atoms with Gasteiger partial charge in [0.15, 0.2) is 0 Å². The third-order valence-corrected chi connectivity index (χ3v) is 4.37. The molecule has 2 unspecified atom stereocenters. The van der Waals surface area contributed by atoms with Gasteiger partial charge in [0.1, 0.15) is 0 Å². The van der Waals surface area contributed by atoms with Crippen LogP contribution in [0.4, 0.5) is 0 Å². The molecule has 0 amide bonds. The van der Waals surface area contributed by atoms with E-state index in [0.29, 0.717) is 12.0 Å². The van der Waals surface area contributed by atoms with Crippen molar-refractivity contribution in [3.63, 3.8) is 0 Å². The molecule has 2 rings (SSSR count). The number of aliphatic hydroxyl groups is 1. The first kappa shape index (κ1) is 12.3. The van der Waals surface area contributed by atoms with Crippen molar-refractivity contribution in [2.75, 3.05) is 33.7 Å². The summed E-state index contributed by atoms with van der Waals surface area (Å²) in [5.41, 5.74) is 0. The smallest absolute Gasteiger partial charge is 0.0695 e. The van der Waals surface area contributed by atoms with Gasteiger partial charge in [0, 0.05) is 19.1 Å². The monoisotopic (exact) mass is 226 g/mol. The van der Waals surface area contributed by atoms with Gasteiger partial charge in [-0.1, -0.05) is 12.8 Å². The van der Waals surface area contributed by atoms with Crippen molar-refractivity contribution in [1.82, 2.24) is 9.80 Å². The van der Waals surface area contributed by atoms with Crippen molar-refractivity contribution in [1.29, 1.82) is 0 Å². The van der Waals surface area contributed by atoms with Crippen LogP contribution >= 0.6 is 0 Å². The summed E-state index contributed by atoms with van der Waals surface area (Å²) in [6, 6.07) is 0.691. The maximum Gasteiger partial charge on any atom is 0.0695 e. The molecule has 1 aliphatic carbocycles. The lowest BCUT2D eigenvalue weighted by molar-refractivity contribution is 0.0719. The highest BCUT2D eigenvalue weighted by Gasteiger charge is 2.29. The zero-order chi connectivity index (χ0) is 11.5. The molecule has 94 valence electrons. The van der Waals surface area contributed by atoms with Crippen molar-refractivity contribution < 1.29 is 5.11 Å². The Kier molecular flexibility index (Phi) is 4.22. The Hall–Kier alpha value is -0.120. The topological polar surface area (TPSA) is 26.7 Å². The normalized spacial score (nSPS) is 30.4. The molecule has 0 bridgehead atoms. The second-order valence-electron chi connectivity index (χ2n) is 5.78. The molecule has 1 aliphatic heterocycles. The molecule has 1 saturated carbocycles. The van der Waals surface area contributed by atoms with Gasteiger partial charge in [-0.3, -0.25) is 4.90 Å². The van der Waals surface area contributed by atoms with E-state index in [2.05, 4.69) is 23.9 Å². The summed E-state index contributed by atoms with van der Waals surface area (Å²) >= 11 is 0. The average Bonchev–Trinajstić information content (AvgIpc) is 2.87. The standard InChI is InChI=1S/C13H26N2O/c1-14(2)12-7-8-15(9-12)10-13(16)11-5-3-4-6-11/h11-13,16H,3-10H2,1-2H3. The van der Waals surface area contributed by atoms with Crippen molar-refractivity contribution in [3.8, 4) is 0 Å². The van der Waals surface area contributed by atoms with E-state index >= 15 is 0 Å². The number of aliphatic hydroxyl groups excluding tert-OH is 1. The summed E-state index contributed by atoms with van der Waals surface area (Å²) in [5, 5.41) is 10.2.